The van der Waals surface area contributed by atoms with E-state index in [-0.39, 0.29) is 11.8 Å². The second-order valence-corrected chi connectivity index (χ2v) is 9.48. The maximum absolute atomic E-state index is 10.4. The third-order valence-electron chi connectivity index (χ3n) is 5.24. The van der Waals surface area contributed by atoms with Crippen molar-refractivity contribution in [2.24, 2.45) is 34.8 Å². The lowest BCUT2D eigenvalue weighted by Gasteiger charge is -2.07. The molecule has 0 aromatic heterocycles. The van der Waals surface area contributed by atoms with Crippen molar-refractivity contribution in [2.75, 3.05) is 0 Å². The molecule has 0 radical (unpaired) electrons. The van der Waals surface area contributed by atoms with Crippen LogP contribution in [0.4, 0.5) is 0 Å². The fourth-order valence-electron chi connectivity index (χ4n) is 2.48. The zero-order valence-electron chi connectivity index (χ0n) is 23.4. The van der Waals surface area contributed by atoms with Gasteiger partial charge in [0.15, 0.2) is 0 Å². The van der Waals surface area contributed by atoms with Crippen molar-refractivity contribution in [1.82, 2.24) is 0 Å². The number of nitrogens with two attached hydrogens (primary N) is 4. The SMILES string of the molecule is CC(C)[C@H](N)C(=O)O.CC(C)[C@H](N)C(=O)O.N[C@@H](Cc1ccccc1)C(=O)O.N[C@@H](Cc1ccccc1)C(=O)O. The van der Waals surface area contributed by atoms with Gasteiger partial charge in [0.2, 0.25) is 0 Å². The summed E-state index contributed by atoms with van der Waals surface area (Å²) in [7, 11) is 0. The first-order valence-electron chi connectivity index (χ1n) is 12.5. The fourth-order valence-corrected chi connectivity index (χ4v) is 2.48. The molecule has 0 aliphatic rings. The van der Waals surface area contributed by atoms with E-state index in [1.807, 2.05) is 60.7 Å². The first-order chi connectivity index (χ1) is 18.5. The molecule has 12 nitrogen and oxygen atoms in total. The lowest BCUT2D eigenvalue weighted by molar-refractivity contribution is -0.140. The Labute approximate surface area is 235 Å². The minimum absolute atomic E-state index is 0.0208. The molecule has 0 aliphatic carbocycles. The van der Waals surface area contributed by atoms with Crippen molar-refractivity contribution >= 4 is 23.9 Å². The molecule has 4 atom stereocenters. The summed E-state index contributed by atoms with van der Waals surface area (Å²) in [5.74, 6) is -3.74. The van der Waals surface area contributed by atoms with Gasteiger partial charge in [-0.05, 0) is 35.8 Å². The number of hydrogen-bond donors (Lipinski definition) is 8. The largest absolute Gasteiger partial charge is 0.480 e. The standard InChI is InChI=1S/2C9H11NO2.2C5H11NO2/c2*10-8(9(11)12)6-7-4-2-1-3-5-7;2*1-3(2)4(6)5(7)8/h2*1-5,8H,6,10H2,(H,11,12);2*3-4H,6H2,1-2H3,(H,7,8)/t2*8-;2*4-/m0000/s1. The minimum Gasteiger partial charge on any atom is -0.480 e. The van der Waals surface area contributed by atoms with Crippen LogP contribution in [0.5, 0.6) is 0 Å². The number of rotatable bonds is 10. The molecule has 2 rings (SSSR count). The molecule has 0 aliphatic heterocycles. The summed E-state index contributed by atoms with van der Waals surface area (Å²) >= 11 is 0. The number of hydrogen-bond acceptors (Lipinski definition) is 8. The van der Waals surface area contributed by atoms with Gasteiger partial charge in [-0.25, -0.2) is 0 Å². The topological polar surface area (TPSA) is 253 Å². The van der Waals surface area contributed by atoms with E-state index in [2.05, 4.69) is 0 Å². The Morgan fingerprint density at radius 1 is 0.525 bits per heavy atom. The second kappa shape index (κ2) is 21.0. The molecule has 2 aromatic carbocycles. The first-order valence-corrected chi connectivity index (χ1v) is 12.5. The van der Waals surface area contributed by atoms with Crippen LogP contribution < -0.4 is 22.9 Å². The van der Waals surface area contributed by atoms with Crippen molar-refractivity contribution in [3.05, 3.63) is 71.8 Å². The highest BCUT2D eigenvalue weighted by molar-refractivity contribution is 5.74. The summed E-state index contributed by atoms with van der Waals surface area (Å²) in [4.78, 5) is 40.8. The highest BCUT2D eigenvalue weighted by Crippen LogP contribution is 2.02. The Hall–Kier alpha value is -3.84. The zero-order chi connectivity index (χ0) is 31.4. The average molecular weight is 565 g/mol. The fraction of sp³-hybridized carbons (Fsp3) is 0.429. The predicted molar refractivity (Wildman–Crippen MR) is 152 cm³/mol. The monoisotopic (exact) mass is 564 g/mol. The summed E-state index contributed by atoms with van der Waals surface area (Å²) in [6, 6.07) is 15.7. The lowest BCUT2D eigenvalue weighted by atomic mass is 10.1. The van der Waals surface area contributed by atoms with Crippen molar-refractivity contribution in [2.45, 2.75) is 64.7 Å². The average Bonchev–Trinajstić information content (AvgIpc) is 2.89. The Morgan fingerprint density at radius 2 is 0.775 bits per heavy atom. The van der Waals surface area contributed by atoms with Crippen molar-refractivity contribution in [3.8, 4) is 0 Å². The van der Waals surface area contributed by atoms with Crippen LogP contribution in [0, 0.1) is 11.8 Å². The first kappa shape index (κ1) is 38.3. The van der Waals surface area contributed by atoms with E-state index in [9.17, 15) is 19.2 Å². The van der Waals surface area contributed by atoms with Gasteiger partial charge in [0.1, 0.15) is 24.2 Å². The summed E-state index contributed by atoms with van der Waals surface area (Å²) in [6.07, 6.45) is 0.770. The Bertz CT molecular complexity index is 922. The molecule has 0 unspecified atom stereocenters. The normalized spacial score (nSPS) is 13.1. The molecule has 0 heterocycles. The molecule has 0 spiro atoms. The van der Waals surface area contributed by atoms with Gasteiger partial charge in [0, 0.05) is 0 Å². The van der Waals surface area contributed by atoms with Gasteiger partial charge >= 0.3 is 23.9 Å². The van der Waals surface area contributed by atoms with Gasteiger partial charge < -0.3 is 43.4 Å². The van der Waals surface area contributed by atoms with Crippen LogP contribution in [0.1, 0.15) is 38.8 Å². The zero-order valence-corrected chi connectivity index (χ0v) is 23.4. The van der Waals surface area contributed by atoms with E-state index in [4.69, 9.17) is 43.4 Å². The number of carbonyl (C=O) groups is 4. The van der Waals surface area contributed by atoms with Crippen LogP contribution >= 0.6 is 0 Å². The molecule has 0 saturated heterocycles. The molecule has 12 heteroatoms. The van der Waals surface area contributed by atoms with Crippen molar-refractivity contribution < 1.29 is 39.6 Å². The van der Waals surface area contributed by atoms with Crippen LogP contribution in [0.15, 0.2) is 60.7 Å². The van der Waals surface area contributed by atoms with E-state index in [0.29, 0.717) is 12.8 Å². The lowest BCUT2D eigenvalue weighted by Crippen LogP contribution is -2.34. The third-order valence-corrected chi connectivity index (χ3v) is 5.24. The van der Waals surface area contributed by atoms with Crippen molar-refractivity contribution in [3.63, 3.8) is 0 Å². The molecule has 224 valence electrons. The van der Waals surface area contributed by atoms with Gasteiger partial charge in [-0.1, -0.05) is 88.4 Å². The number of aliphatic carboxylic acids is 4. The molecule has 0 amide bonds. The maximum atomic E-state index is 10.4. The maximum Gasteiger partial charge on any atom is 0.320 e. The van der Waals surface area contributed by atoms with Crippen LogP contribution in [-0.2, 0) is 32.0 Å². The summed E-state index contributed by atoms with van der Waals surface area (Å²) in [6.45, 7) is 7.11. The van der Waals surface area contributed by atoms with Crippen LogP contribution in [0.3, 0.4) is 0 Å². The number of carboxylic acid groups (broad SMARTS) is 4. The van der Waals surface area contributed by atoms with E-state index in [1.54, 1.807) is 27.7 Å². The molecule has 12 N–H and O–H groups in total. The smallest absolute Gasteiger partial charge is 0.320 e. The Balaban J connectivity index is 0. The van der Waals surface area contributed by atoms with E-state index in [1.165, 1.54) is 0 Å². The molecular weight excluding hydrogens is 520 g/mol. The van der Waals surface area contributed by atoms with Crippen molar-refractivity contribution in [1.29, 1.82) is 0 Å². The third kappa shape index (κ3) is 19.3. The molecule has 0 bridgehead atoms. The Morgan fingerprint density at radius 3 is 0.925 bits per heavy atom. The van der Waals surface area contributed by atoms with Crippen LogP contribution in [0.25, 0.3) is 0 Å². The van der Waals surface area contributed by atoms with Gasteiger partial charge in [0.25, 0.3) is 0 Å². The summed E-state index contributed by atoms with van der Waals surface area (Å²) in [5, 5.41) is 33.5. The Kier molecular flexibility index (Phi) is 20.1. The van der Waals surface area contributed by atoms with Gasteiger partial charge in [-0.15, -0.1) is 0 Å². The van der Waals surface area contributed by atoms with Gasteiger partial charge in [0.05, 0.1) is 0 Å². The molecule has 0 fully saturated rings. The van der Waals surface area contributed by atoms with Gasteiger partial charge in [-0.3, -0.25) is 19.2 Å². The number of benzene rings is 2. The summed E-state index contributed by atoms with van der Waals surface area (Å²) < 4.78 is 0. The van der Waals surface area contributed by atoms with E-state index >= 15 is 0 Å². The van der Waals surface area contributed by atoms with E-state index < -0.39 is 48.0 Å². The molecule has 0 saturated carbocycles. The minimum atomic E-state index is -0.959. The molecule has 40 heavy (non-hydrogen) atoms. The molecular formula is C28H44N4O8. The summed E-state index contributed by atoms with van der Waals surface area (Å²) in [5.41, 5.74) is 22.9. The second-order valence-electron chi connectivity index (χ2n) is 9.48. The van der Waals surface area contributed by atoms with Gasteiger partial charge in [-0.2, -0.15) is 0 Å². The number of carboxylic acids is 4. The van der Waals surface area contributed by atoms with Crippen LogP contribution in [0.2, 0.25) is 0 Å². The highest BCUT2D eigenvalue weighted by atomic mass is 16.4. The molecule has 2 aromatic rings. The predicted octanol–water partition coefficient (Wildman–Crippen LogP) is 1.39. The van der Waals surface area contributed by atoms with Crippen LogP contribution in [-0.4, -0.2) is 68.5 Å². The highest BCUT2D eigenvalue weighted by Gasteiger charge is 2.15. The quantitative estimate of drug-likeness (QED) is 0.204. The van der Waals surface area contributed by atoms with E-state index in [0.717, 1.165) is 11.1 Å².